The molecule has 9 heteroatoms. The lowest BCUT2D eigenvalue weighted by Crippen LogP contribution is -2.46. The molecule has 5 heterocycles. The van der Waals surface area contributed by atoms with Gasteiger partial charge in [-0.25, -0.2) is 4.52 Å². The molecule has 4 aromatic heterocycles. The summed E-state index contributed by atoms with van der Waals surface area (Å²) in [6, 6.07) is 7.95. The normalized spacial score (nSPS) is 18.6. The summed E-state index contributed by atoms with van der Waals surface area (Å²) in [6.07, 6.45) is 11.5. The van der Waals surface area contributed by atoms with E-state index in [1.54, 1.807) is 16.9 Å². The van der Waals surface area contributed by atoms with E-state index in [1.807, 2.05) is 36.7 Å². The molecule has 1 spiro atoms. The van der Waals surface area contributed by atoms with Gasteiger partial charge in [0.15, 0.2) is 6.10 Å². The summed E-state index contributed by atoms with van der Waals surface area (Å²) in [6.45, 7) is 4.16. The van der Waals surface area contributed by atoms with E-state index in [-0.39, 0.29) is 6.61 Å². The van der Waals surface area contributed by atoms with Crippen LogP contribution in [0.2, 0.25) is 5.02 Å². The molecule has 1 aliphatic carbocycles. The van der Waals surface area contributed by atoms with Crippen LogP contribution in [0.1, 0.15) is 49.2 Å². The van der Waals surface area contributed by atoms with Crippen molar-refractivity contribution in [2.75, 3.05) is 19.7 Å². The molecule has 1 atom stereocenters. The highest BCUT2D eigenvalue weighted by Gasteiger charge is 2.46. The number of piperidine rings is 1. The topological polar surface area (TPSA) is 89.5 Å². The average molecular weight is 493 g/mol. The molecule has 1 saturated carbocycles. The standard InChI is InChI=1S/C26H29ClN6O2/c1-17-20(13-31-33(17)19-11-26(12-19)5-8-28-9-6-26)18-10-23(25-21(27)14-30-32(25)15-18)35-24(16-34)22-4-2-3-7-29-22/h2-4,7,10,13-15,19,24,28,34H,5-6,8-9,11-12,16H2,1H3. The van der Waals surface area contributed by atoms with Gasteiger partial charge in [0, 0.05) is 29.2 Å². The van der Waals surface area contributed by atoms with Crippen LogP contribution in [-0.4, -0.2) is 49.2 Å². The van der Waals surface area contributed by atoms with Crippen LogP contribution in [0.15, 0.2) is 49.1 Å². The number of aliphatic hydroxyl groups is 1. The molecule has 35 heavy (non-hydrogen) atoms. The lowest BCUT2D eigenvalue weighted by Gasteiger charge is -2.50. The van der Waals surface area contributed by atoms with Crippen molar-refractivity contribution in [3.63, 3.8) is 0 Å². The number of halogens is 1. The Morgan fingerprint density at radius 2 is 2.06 bits per heavy atom. The summed E-state index contributed by atoms with van der Waals surface area (Å²) in [5.41, 5.74) is 4.89. The fraction of sp³-hybridized carbons (Fsp3) is 0.423. The number of nitrogens with zero attached hydrogens (tertiary/aromatic N) is 5. The second kappa shape index (κ2) is 8.93. The molecule has 4 aromatic rings. The van der Waals surface area contributed by atoms with Gasteiger partial charge in [-0.1, -0.05) is 17.7 Å². The van der Waals surface area contributed by atoms with Gasteiger partial charge in [-0.05, 0) is 69.3 Å². The van der Waals surface area contributed by atoms with Crippen molar-refractivity contribution in [1.82, 2.24) is 29.7 Å². The maximum absolute atomic E-state index is 10.0. The molecule has 182 valence electrons. The van der Waals surface area contributed by atoms with Crippen molar-refractivity contribution in [1.29, 1.82) is 0 Å². The molecule has 8 nitrogen and oxygen atoms in total. The fourth-order valence-electron chi connectivity index (χ4n) is 5.75. The Kier molecular flexibility index (Phi) is 5.75. The Balaban J connectivity index is 1.33. The number of pyridine rings is 2. The predicted molar refractivity (Wildman–Crippen MR) is 134 cm³/mol. The molecule has 6 rings (SSSR count). The molecule has 1 saturated heterocycles. The van der Waals surface area contributed by atoms with Crippen LogP contribution in [-0.2, 0) is 0 Å². The second-order valence-corrected chi connectivity index (χ2v) is 10.2. The Bertz CT molecular complexity index is 1340. The Hall–Kier alpha value is -2.94. The van der Waals surface area contributed by atoms with E-state index >= 15 is 0 Å². The van der Waals surface area contributed by atoms with E-state index in [4.69, 9.17) is 21.4 Å². The lowest BCUT2D eigenvalue weighted by molar-refractivity contribution is 0.0221. The number of hydrogen-bond acceptors (Lipinski definition) is 6. The highest BCUT2D eigenvalue weighted by Crippen LogP contribution is 2.54. The van der Waals surface area contributed by atoms with Crippen LogP contribution in [0.5, 0.6) is 5.75 Å². The highest BCUT2D eigenvalue weighted by atomic mass is 35.5. The van der Waals surface area contributed by atoms with E-state index in [2.05, 4.69) is 27.0 Å². The number of fused-ring (bicyclic) bond motifs is 1. The number of aliphatic hydroxyl groups excluding tert-OH is 1. The van der Waals surface area contributed by atoms with Gasteiger partial charge in [-0.2, -0.15) is 10.2 Å². The molecule has 2 N–H and O–H groups in total. The van der Waals surface area contributed by atoms with Crippen molar-refractivity contribution in [3.8, 4) is 16.9 Å². The van der Waals surface area contributed by atoms with Crippen molar-refractivity contribution < 1.29 is 9.84 Å². The lowest BCUT2D eigenvalue weighted by atomic mass is 9.60. The van der Waals surface area contributed by atoms with Crippen LogP contribution in [0.25, 0.3) is 16.6 Å². The zero-order valence-electron chi connectivity index (χ0n) is 19.7. The third-order valence-corrected chi connectivity index (χ3v) is 7.96. The van der Waals surface area contributed by atoms with Crippen LogP contribution in [0, 0.1) is 12.3 Å². The number of hydrogen-bond donors (Lipinski definition) is 2. The molecule has 2 aliphatic rings. The van der Waals surface area contributed by atoms with Crippen molar-refractivity contribution >= 4 is 17.1 Å². The van der Waals surface area contributed by atoms with E-state index in [0.29, 0.717) is 33.4 Å². The minimum Gasteiger partial charge on any atom is -0.479 e. The quantitative estimate of drug-likeness (QED) is 0.415. The van der Waals surface area contributed by atoms with Gasteiger partial charge >= 0.3 is 0 Å². The summed E-state index contributed by atoms with van der Waals surface area (Å²) in [7, 11) is 0. The highest BCUT2D eigenvalue weighted by molar-refractivity contribution is 6.34. The van der Waals surface area contributed by atoms with Crippen LogP contribution in [0.3, 0.4) is 0 Å². The molecular formula is C26H29ClN6O2. The SMILES string of the molecule is Cc1c(-c2cc(OC(CO)c3ccccn3)c3c(Cl)cnn3c2)cnn1C1CC2(CCNCC2)C1. The van der Waals surface area contributed by atoms with Gasteiger partial charge in [0.2, 0.25) is 0 Å². The van der Waals surface area contributed by atoms with Crippen LogP contribution < -0.4 is 10.1 Å². The maximum Gasteiger partial charge on any atom is 0.163 e. The van der Waals surface area contributed by atoms with Gasteiger partial charge in [0.05, 0.1) is 35.8 Å². The van der Waals surface area contributed by atoms with Crippen LogP contribution in [0.4, 0.5) is 0 Å². The van der Waals surface area contributed by atoms with Crippen molar-refractivity contribution in [2.24, 2.45) is 5.41 Å². The van der Waals surface area contributed by atoms with E-state index in [9.17, 15) is 5.11 Å². The Morgan fingerprint density at radius 1 is 1.23 bits per heavy atom. The number of ether oxygens (including phenoxy) is 1. The Labute approximate surface area is 208 Å². The molecule has 1 unspecified atom stereocenters. The monoisotopic (exact) mass is 492 g/mol. The number of rotatable bonds is 6. The number of aromatic nitrogens is 5. The molecule has 0 bridgehead atoms. The summed E-state index contributed by atoms with van der Waals surface area (Å²) in [4.78, 5) is 4.35. The summed E-state index contributed by atoms with van der Waals surface area (Å²) in [5, 5.41) is 23.2. The first-order chi connectivity index (χ1) is 17.1. The molecule has 0 amide bonds. The average Bonchev–Trinajstić information content (AvgIpc) is 3.44. The first-order valence-electron chi connectivity index (χ1n) is 12.2. The largest absolute Gasteiger partial charge is 0.479 e. The first kappa shape index (κ1) is 22.5. The summed E-state index contributed by atoms with van der Waals surface area (Å²) in [5.74, 6) is 0.541. The van der Waals surface area contributed by atoms with Gasteiger partial charge in [-0.15, -0.1) is 0 Å². The van der Waals surface area contributed by atoms with E-state index in [0.717, 1.165) is 29.9 Å². The third-order valence-electron chi connectivity index (χ3n) is 7.69. The molecule has 1 aliphatic heterocycles. The molecule has 2 fully saturated rings. The Morgan fingerprint density at radius 3 is 2.80 bits per heavy atom. The van der Waals surface area contributed by atoms with Gasteiger partial charge in [-0.3, -0.25) is 9.67 Å². The smallest absolute Gasteiger partial charge is 0.163 e. The first-order valence-corrected chi connectivity index (χ1v) is 12.6. The zero-order chi connectivity index (χ0) is 24.0. The summed E-state index contributed by atoms with van der Waals surface area (Å²) >= 11 is 6.46. The maximum atomic E-state index is 10.0. The zero-order valence-corrected chi connectivity index (χ0v) is 20.4. The van der Waals surface area contributed by atoms with Gasteiger partial charge < -0.3 is 15.2 Å². The molecule has 0 aromatic carbocycles. The van der Waals surface area contributed by atoms with Crippen LogP contribution >= 0.6 is 11.6 Å². The minimum absolute atomic E-state index is 0.213. The predicted octanol–water partition coefficient (Wildman–Crippen LogP) is 4.37. The minimum atomic E-state index is -0.624. The van der Waals surface area contributed by atoms with E-state index in [1.165, 1.54) is 25.7 Å². The summed E-state index contributed by atoms with van der Waals surface area (Å²) < 4.78 is 10.2. The number of nitrogens with one attached hydrogen (secondary N) is 1. The molecule has 0 radical (unpaired) electrons. The van der Waals surface area contributed by atoms with E-state index < -0.39 is 6.10 Å². The molecular weight excluding hydrogens is 464 g/mol. The van der Waals surface area contributed by atoms with Gasteiger partial charge in [0.1, 0.15) is 11.3 Å². The third kappa shape index (κ3) is 3.99. The van der Waals surface area contributed by atoms with Crippen molar-refractivity contribution in [3.05, 3.63) is 65.5 Å². The van der Waals surface area contributed by atoms with Gasteiger partial charge in [0.25, 0.3) is 0 Å². The second-order valence-electron chi connectivity index (χ2n) is 9.82. The fourth-order valence-corrected chi connectivity index (χ4v) is 5.97. The van der Waals surface area contributed by atoms with Crippen molar-refractivity contribution in [2.45, 2.75) is 44.8 Å².